The summed E-state index contributed by atoms with van der Waals surface area (Å²) in [7, 11) is 0. The van der Waals surface area contributed by atoms with E-state index in [1.807, 2.05) is 78.9 Å². The fourth-order valence-corrected chi connectivity index (χ4v) is 4.20. The maximum atomic E-state index is 12.6. The second-order valence-electron chi connectivity index (χ2n) is 5.89. The van der Waals surface area contributed by atoms with Crippen LogP contribution in [-0.4, -0.2) is 5.78 Å². The highest BCUT2D eigenvalue weighted by Gasteiger charge is 2.25. The molecule has 0 spiro atoms. The van der Waals surface area contributed by atoms with E-state index < -0.39 is 0 Å². The number of thioether (sulfide) groups is 1. The van der Waals surface area contributed by atoms with Gasteiger partial charge in [0.25, 0.3) is 0 Å². The predicted molar refractivity (Wildman–Crippen MR) is 110 cm³/mol. The van der Waals surface area contributed by atoms with Gasteiger partial charge in [-0.15, -0.1) is 0 Å². The number of allylic oxidation sites excluding steroid dienone is 1. The Morgan fingerprint density at radius 2 is 1.73 bits per heavy atom. The van der Waals surface area contributed by atoms with Gasteiger partial charge in [-0.05, 0) is 42.0 Å². The largest absolute Gasteiger partial charge is 0.488 e. The van der Waals surface area contributed by atoms with Crippen LogP contribution in [0.3, 0.4) is 0 Å². The number of carbonyl (C=O) groups is 1. The zero-order valence-electron chi connectivity index (χ0n) is 13.8. The topological polar surface area (TPSA) is 26.3 Å². The molecule has 0 aliphatic carbocycles. The van der Waals surface area contributed by atoms with E-state index in [1.165, 1.54) is 11.8 Å². The summed E-state index contributed by atoms with van der Waals surface area (Å²) >= 11 is 5.02. The number of hydrogen-bond donors (Lipinski definition) is 0. The van der Waals surface area contributed by atoms with Gasteiger partial charge in [0.1, 0.15) is 12.4 Å². The van der Waals surface area contributed by atoms with Crippen molar-refractivity contribution in [1.29, 1.82) is 0 Å². The molecule has 0 unspecified atom stereocenters. The Kier molecular flexibility index (Phi) is 4.96. The van der Waals surface area contributed by atoms with Crippen LogP contribution in [0.2, 0.25) is 0 Å². The molecule has 4 heteroatoms. The van der Waals surface area contributed by atoms with E-state index in [9.17, 15) is 4.79 Å². The summed E-state index contributed by atoms with van der Waals surface area (Å²) in [4.78, 5) is 14.4. The maximum Gasteiger partial charge on any atom is 0.200 e. The van der Waals surface area contributed by atoms with Crippen molar-refractivity contribution in [2.24, 2.45) is 0 Å². The van der Waals surface area contributed by atoms with E-state index in [0.717, 1.165) is 31.8 Å². The van der Waals surface area contributed by atoms with Crippen LogP contribution in [0, 0.1) is 0 Å². The van der Waals surface area contributed by atoms with Crippen LogP contribution in [-0.2, 0) is 6.61 Å². The van der Waals surface area contributed by atoms with E-state index in [-0.39, 0.29) is 5.78 Å². The molecule has 3 aromatic rings. The molecule has 0 saturated heterocycles. The van der Waals surface area contributed by atoms with E-state index in [4.69, 9.17) is 4.74 Å². The van der Waals surface area contributed by atoms with Crippen molar-refractivity contribution in [3.05, 3.63) is 98.9 Å². The minimum absolute atomic E-state index is 0.0691. The molecular formula is C22H15BrO2S. The summed E-state index contributed by atoms with van der Waals surface area (Å²) in [5.41, 5.74) is 2.76. The number of ketones is 1. The van der Waals surface area contributed by atoms with Crippen molar-refractivity contribution in [3.63, 3.8) is 0 Å². The second-order valence-corrected chi connectivity index (χ2v) is 7.89. The summed E-state index contributed by atoms with van der Waals surface area (Å²) in [6.45, 7) is 0.486. The van der Waals surface area contributed by atoms with Gasteiger partial charge in [-0.25, -0.2) is 0 Å². The standard InChI is InChI=1S/C22H15BrO2S/c23-17-10-11-19(25-14-15-6-2-1-3-7-15)16(12-17)13-21-22(24)18-8-4-5-9-20(18)26-21/h1-13H,14H2/b21-13-. The monoisotopic (exact) mass is 422 g/mol. The van der Waals surface area contributed by atoms with Gasteiger partial charge in [0.05, 0.1) is 4.91 Å². The molecule has 0 N–H and O–H groups in total. The first-order valence-corrected chi connectivity index (χ1v) is 9.81. The first-order chi connectivity index (χ1) is 12.7. The SMILES string of the molecule is O=C1/C(=C/c2cc(Br)ccc2OCc2ccccc2)Sc2ccccc21. The Morgan fingerprint density at radius 1 is 0.962 bits per heavy atom. The highest BCUT2D eigenvalue weighted by molar-refractivity contribution is 9.10. The van der Waals surface area contributed by atoms with Crippen molar-refractivity contribution in [1.82, 2.24) is 0 Å². The van der Waals surface area contributed by atoms with Crippen molar-refractivity contribution in [2.45, 2.75) is 11.5 Å². The van der Waals surface area contributed by atoms with Gasteiger partial charge in [-0.1, -0.05) is 70.2 Å². The minimum Gasteiger partial charge on any atom is -0.488 e. The molecule has 1 aliphatic heterocycles. The number of rotatable bonds is 4. The predicted octanol–water partition coefficient (Wildman–Crippen LogP) is 6.36. The number of hydrogen-bond acceptors (Lipinski definition) is 3. The lowest BCUT2D eigenvalue weighted by molar-refractivity contribution is 0.104. The smallest absolute Gasteiger partial charge is 0.200 e. The highest BCUT2D eigenvalue weighted by Crippen LogP contribution is 2.41. The summed E-state index contributed by atoms with van der Waals surface area (Å²) in [6, 6.07) is 23.6. The molecule has 26 heavy (non-hydrogen) atoms. The molecule has 0 radical (unpaired) electrons. The van der Waals surface area contributed by atoms with Gasteiger partial charge >= 0.3 is 0 Å². The van der Waals surface area contributed by atoms with Gasteiger partial charge in [0.2, 0.25) is 5.78 Å². The normalized spacial score (nSPS) is 14.5. The van der Waals surface area contributed by atoms with Crippen molar-refractivity contribution >= 4 is 39.6 Å². The molecule has 0 bridgehead atoms. The Bertz CT molecular complexity index is 996. The molecule has 3 aromatic carbocycles. The van der Waals surface area contributed by atoms with E-state index in [2.05, 4.69) is 15.9 Å². The molecule has 0 aromatic heterocycles. The quantitative estimate of drug-likeness (QED) is 0.457. The van der Waals surface area contributed by atoms with Crippen LogP contribution in [0.5, 0.6) is 5.75 Å². The minimum atomic E-state index is 0.0691. The van der Waals surface area contributed by atoms with Crippen molar-refractivity contribution in [3.8, 4) is 5.75 Å². The van der Waals surface area contributed by atoms with E-state index in [0.29, 0.717) is 11.5 Å². The Morgan fingerprint density at radius 3 is 2.54 bits per heavy atom. The molecular weight excluding hydrogens is 408 g/mol. The lowest BCUT2D eigenvalue weighted by Crippen LogP contribution is -1.98. The number of benzene rings is 3. The number of halogens is 1. The molecule has 0 atom stereocenters. The lowest BCUT2D eigenvalue weighted by atomic mass is 10.1. The van der Waals surface area contributed by atoms with Gasteiger partial charge in [-0.2, -0.15) is 0 Å². The summed E-state index contributed by atoms with van der Waals surface area (Å²) in [5, 5.41) is 0. The lowest BCUT2D eigenvalue weighted by Gasteiger charge is -2.10. The molecule has 0 fully saturated rings. The molecule has 4 rings (SSSR count). The van der Waals surface area contributed by atoms with Gasteiger partial charge < -0.3 is 4.74 Å². The fraction of sp³-hybridized carbons (Fsp3) is 0.0455. The third kappa shape index (κ3) is 3.62. The van der Waals surface area contributed by atoms with Crippen molar-refractivity contribution < 1.29 is 9.53 Å². The van der Waals surface area contributed by atoms with Crippen LogP contribution in [0.15, 0.2) is 87.1 Å². The molecule has 0 amide bonds. The summed E-state index contributed by atoms with van der Waals surface area (Å²) < 4.78 is 6.96. The van der Waals surface area contributed by atoms with Gasteiger partial charge in [0, 0.05) is 20.5 Å². The average molecular weight is 423 g/mol. The van der Waals surface area contributed by atoms with Crippen LogP contribution in [0.4, 0.5) is 0 Å². The van der Waals surface area contributed by atoms with Crippen molar-refractivity contribution in [2.75, 3.05) is 0 Å². The summed E-state index contributed by atoms with van der Waals surface area (Å²) in [6.07, 6.45) is 1.91. The molecule has 2 nitrogen and oxygen atoms in total. The molecule has 1 heterocycles. The Hall–Kier alpha value is -2.30. The van der Waals surface area contributed by atoms with Crippen LogP contribution in [0.25, 0.3) is 6.08 Å². The Balaban J connectivity index is 1.62. The highest BCUT2D eigenvalue weighted by atomic mass is 79.9. The van der Waals surface area contributed by atoms with Gasteiger partial charge in [0.15, 0.2) is 0 Å². The maximum absolute atomic E-state index is 12.6. The Labute approximate surface area is 165 Å². The molecule has 128 valence electrons. The average Bonchev–Trinajstić information content (AvgIpc) is 2.98. The zero-order chi connectivity index (χ0) is 17.9. The first-order valence-electron chi connectivity index (χ1n) is 8.20. The summed E-state index contributed by atoms with van der Waals surface area (Å²) in [5.74, 6) is 0.827. The number of carbonyl (C=O) groups excluding carboxylic acids is 1. The van der Waals surface area contributed by atoms with Crippen LogP contribution >= 0.6 is 27.7 Å². The van der Waals surface area contributed by atoms with Crippen LogP contribution in [0.1, 0.15) is 21.5 Å². The van der Waals surface area contributed by atoms with E-state index in [1.54, 1.807) is 0 Å². The van der Waals surface area contributed by atoms with Gasteiger partial charge in [-0.3, -0.25) is 4.79 Å². The third-order valence-electron chi connectivity index (χ3n) is 4.07. The fourth-order valence-electron chi connectivity index (χ4n) is 2.78. The number of Topliss-reactive ketones (excluding diaryl/α,β-unsaturated/α-hetero) is 1. The zero-order valence-corrected chi connectivity index (χ0v) is 16.2. The molecule has 0 saturated carbocycles. The van der Waals surface area contributed by atoms with E-state index >= 15 is 0 Å². The van der Waals surface area contributed by atoms with Crippen LogP contribution < -0.4 is 4.74 Å². The first kappa shape index (κ1) is 17.1. The third-order valence-corrected chi connectivity index (χ3v) is 5.66. The number of ether oxygens (including phenoxy) is 1. The number of fused-ring (bicyclic) bond motifs is 1. The second kappa shape index (κ2) is 7.52. The molecule has 1 aliphatic rings.